The third-order valence-electron chi connectivity index (χ3n) is 5.00. The molecular formula is C24H24N4O3S. The average molecular weight is 449 g/mol. The standard InChI is InChI=1S/C24H24N4O3S/c1-12(2)25-22(29)17-8-7-16(10-13(17)3)26-23(30)18-11-19(20-9-6-14(4)32-20)27-24-21(18)15(5)28-31-24/h6-12H,1-5H3,(H,25,29)(H,26,30). The number of nitrogens with zero attached hydrogens (tertiary/aromatic N) is 2. The van der Waals surface area contributed by atoms with Crippen LogP contribution in [0.15, 0.2) is 40.9 Å². The maximum atomic E-state index is 13.3. The van der Waals surface area contributed by atoms with Crippen LogP contribution in [0.5, 0.6) is 0 Å². The number of carbonyl (C=O) groups is 2. The highest BCUT2D eigenvalue weighted by atomic mass is 32.1. The van der Waals surface area contributed by atoms with E-state index in [1.807, 2.05) is 39.8 Å². The fourth-order valence-corrected chi connectivity index (χ4v) is 4.33. The van der Waals surface area contributed by atoms with Crippen molar-refractivity contribution in [3.8, 4) is 10.6 Å². The number of rotatable bonds is 5. The molecule has 0 bridgehead atoms. The first kappa shape index (κ1) is 21.7. The Morgan fingerprint density at radius 3 is 2.44 bits per heavy atom. The van der Waals surface area contributed by atoms with E-state index in [4.69, 9.17) is 4.52 Å². The second kappa shape index (κ2) is 8.55. The van der Waals surface area contributed by atoms with Gasteiger partial charge in [-0.05, 0) is 76.6 Å². The summed E-state index contributed by atoms with van der Waals surface area (Å²) in [5.74, 6) is -0.431. The van der Waals surface area contributed by atoms with E-state index in [-0.39, 0.29) is 17.9 Å². The van der Waals surface area contributed by atoms with Crippen molar-refractivity contribution in [1.29, 1.82) is 0 Å². The molecule has 0 saturated heterocycles. The van der Waals surface area contributed by atoms with Crippen molar-refractivity contribution in [1.82, 2.24) is 15.5 Å². The summed E-state index contributed by atoms with van der Waals surface area (Å²) in [4.78, 5) is 32.3. The molecule has 4 rings (SSSR count). The lowest BCUT2D eigenvalue weighted by Gasteiger charge is -2.12. The van der Waals surface area contributed by atoms with Crippen LogP contribution in [0.2, 0.25) is 0 Å². The number of fused-ring (bicyclic) bond motifs is 1. The van der Waals surface area contributed by atoms with E-state index in [9.17, 15) is 9.59 Å². The number of anilines is 1. The van der Waals surface area contributed by atoms with Crippen LogP contribution in [0.4, 0.5) is 5.69 Å². The van der Waals surface area contributed by atoms with Crippen LogP contribution in [0, 0.1) is 20.8 Å². The average Bonchev–Trinajstić information content (AvgIpc) is 3.32. The Labute approximate surface area is 189 Å². The molecule has 0 aliphatic carbocycles. The summed E-state index contributed by atoms with van der Waals surface area (Å²) in [6.45, 7) is 9.47. The highest BCUT2D eigenvalue weighted by Crippen LogP contribution is 2.31. The molecule has 4 aromatic rings. The maximum absolute atomic E-state index is 13.3. The summed E-state index contributed by atoms with van der Waals surface area (Å²) in [5.41, 5.74) is 3.98. The molecule has 3 heterocycles. The van der Waals surface area contributed by atoms with Gasteiger partial charge in [-0.1, -0.05) is 5.16 Å². The number of benzene rings is 1. The number of nitrogens with one attached hydrogen (secondary N) is 2. The number of amides is 2. The van der Waals surface area contributed by atoms with Crippen molar-refractivity contribution >= 4 is 39.9 Å². The molecule has 0 aliphatic rings. The minimum atomic E-state index is -0.294. The van der Waals surface area contributed by atoms with Gasteiger partial charge in [0.05, 0.1) is 27.2 Å². The summed E-state index contributed by atoms with van der Waals surface area (Å²) in [6.07, 6.45) is 0. The molecule has 0 aliphatic heterocycles. The van der Waals surface area contributed by atoms with Gasteiger partial charge in [-0.25, -0.2) is 4.98 Å². The van der Waals surface area contributed by atoms with E-state index >= 15 is 0 Å². The topological polar surface area (TPSA) is 97.1 Å². The first-order valence-corrected chi connectivity index (χ1v) is 11.1. The predicted molar refractivity (Wildman–Crippen MR) is 126 cm³/mol. The number of hydrogen-bond acceptors (Lipinski definition) is 6. The van der Waals surface area contributed by atoms with Crippen LogP contribution in [0.1, 0.15) is 50.7 Å². The molecule has 1 aromatic carbocycles. The molecule has 0 radical (unpaired) electrons. The molecule has 164 valence electrons. The molecule has 0 saturated carbocycles. The second-order valence-corrected chi connectivity index (χ2v) is 9.31. The Morgan fingerprint density at radius 1 is 1.00 bits per heavy atom. The summed E-state index contributed by atoms with van der Waals surface area (Å²) in [5, 5.41) is 10.4. The summed E-state index contributed by atoms with van der Waals surface area (Å²) in [6, 6.07) is 11.0. The minimum absolute atomic E-state index is 0.0449. The molecule has 8 heteroatoms. The highest BCUT2D eigenvalue weighted by molar-refractivity contribution is 7.15. The molecule has 0 fully saturated rings. The Balaban J connectivity index is 1.67. The van der Waals surface area contributed by atoms with Gasteiger partial charge in [-0.15, -0.1) is 11.3 Å². The van der Waals surface area contributed by atoms with Crippen molar-refractivity contribution in [3.05, 3.63) is 63.7 Å². The Hall–Kier alpha value is -3.52. The Bertz CT molecular complexity index is 1340. The van der Waals surface area contributed by atoms with Crippen molar-refractivity contribution in [2.24, 2.45) is 0 Å². The molecule has 32 heavy (non-hydrogen) atoms. The van der Waals surface area contributed by atoms with Crippen LogP contribution < -0.4 is 10.6 Å². The maximum Gasteiger partial charge on any atom is 0.259 e. The number of hydrogen-bond donors (Lipinski definition) is 2. The van der Waals surface area contributed by atoms with Crippen molar-refractivity contribution in [3.63, 3.8) is 0 Å². The molecule has 7 nitrogen and oxygen atoms in total. The summed E-state index contributed by atoms with van der Waals surface area (Å²) < 4.78 is 5.37. The molecule has 0 unspecified atom stereocenters. The van der Waals surface area contributed by atoms with Crippen LogP contribution in [0.3, 0.4) is 0 Å². The van der Waals surface area contributed by atoms with Gasteiger partial charge in [0.25, 0.3) is 17.5 Å². The predicted octanol–water partition coefficient (Wildman–Crippen LogP) is 5.27. The SMILES string of the molecule is Cc1ccc(-c2cc(C(=O)Nc3ccc(C(=O)NC(C)C)c(C)c3)c3c(C)noc3n2)s1. The van der Waals surface area contributed by atoms with Crippen LogP contribution >= 0.6 is 11.3 Å². The molecule has 3 aromatic heterocycles. The zero-order valence-electron chi connectivity index (χ0n) is 18.6. The van der Waals surface area contributed by atoms with Gasteiger partial charge in [-0.3, -0.25) is 9.59 Å². The van der Waals surface area contributed by atoms with E-state index in [0.29, 0.717) is 39.3 Å². The van der Waals surface area contributed by atoms with Gasteiger partial charge in [-0.2, -0.15) is 0 Å². The molecule has 0 spiro atoms. The van der Waals surface area contributed by atoms with Gasteiger partial charge in [0.15, 0.2) is 0 Å². The van der Waals surface area contributed by atoms with Crippen molar-refractivity contribution in [2.75, 3.05) is 5.32 Å². The lowest BCUT2D eigenvalue weighted by Crippen LogP contribution is -2.30. The number of pyridine rings is 1. The van der Waals surface area contributed by atoms with Gasteiger partial charge >= 0.3 is 0 Å². The van der Waals surface area contributed by atoms with E-state index < -0.39 is 0 Å². The Morgan fingerprint density at radius 2 is 1.78 bits per heavy atom. The number of carbonyl (C=O) groups excluding carboxylic acids is 2. The first-order chi connectivity index (χ1) is 15.2. The fourth-order valence-electron chi connectivity index (χ4n) is 3.51. The lowest BCUT2D eigenvalue weighted by molar-refractivity contribution is 0.0942. The van der Waals surface area contributed by atoms with Gasteiger partial charge < -0.3 is 15.2 Å². The molecule has 2 amide bonds. The van der Waals surface area contributed by atoms with Gasteiger partial charge in [0.1, 0.15) is 0 Å². The third-order valence-corrected chi connectivity index (χ3v) is 6.03. The van der Waals surface area contributed by atoms with E-state index in [2.05, 4.69) is 20.8 Å². The van der Waals surface area contributed by atoms with Gasteiger partial charge in [0, 0.05) is 22.2 Å². The van der Waals surface area contributed by atoms with Gasteiger partial charge in [0.2, 0.25) is 0 Å². The first-order valence-electron chi connectivity index (χ1n) is 10.3. The summed E-state index contributed by atoms with van der Waals surface area (Å²) >= 11 is 1.60. The fraction of sp³-hybridized carbons (Fsp3) is 0.250. The van der Waals surface area contributed by atoms with E-state index in [1.165, 1.54) is 0 Å². The number of aryl methyl sites for hydroxylation is 3. The molecular weight excluding hydrogens is 424 g/mol. The second-order valence-electron chi connectivity index (χ2n) is 8.03. The monoisotopic (exact) mass is 448 g/mol. The van der Waals surface area contributed by atoms with Crippen LogP contribution in [-0.2, 0) is 0 Å². The van der Waals surface area contributed by atoms with Crippen LogP contribution in [0.25, 0.3) is 21.7 Å². The zero-order chi connectivity index (χ0) is 23.0. The smallest absolute Gasteiger partial charge is 0.259 e. The number of thiophene rings is 1. The van der Waals surface area contributed by atoms with Crippen molar-refractivity contribution in [2.45, 2.75) is 40.7 Å². The summed E-state index contributed by atoms with van der Waals surface area (Å²) in [7, 11) is 0. The van der Waals surface area contributed by atoms with E-state index in [1.54, 1.807) is 42.5 Å². The minimum Gasteiger partial charge on any atom is -0.350 e. The normalized spacial score (nSPS) is 11.2. The third kappa shape index (κ3) is 4.27. The molecule has 0 atom stereocenters. The van der Waals surface area contributed by atoms with E-state index in [0.717, 1.165) is 15.3 Å². The Kier molecular flexibility index (Phi) is 5.80. The van der Waals surface area contributed by atoms with Crippen molar-refractivity contribution < 1.29 is 14.1 Å². The largest absolute Gasteiger partial charge is 0.350 e. The quantitative estimate of drug-likeness (QED) is 0.434. The highest BCUT2D eigenvalue weighted by Gasteiger charge is 2.20. The van der Waals surface area contributed by atoms with Crippen LogP contribution in [-0.4, -0.2) is 28.0 Å². The zero-order valence-corrected chi connectivity index (χ0v) is 19.4. The number of aromatic nitrogens is 2. The lowest BCUT2D eigenvalue weighted by atomic mass is 10.1. The molecule has 2 N–H and O–H groups in total.